The van der Waals surface area contributed by atoms with E-state index in [1.165, 1.54) is 5.56 Å². The smallest absolute Gasteiger partial charge is 0.0634 e. The molecule has 0 spiro atoms. The van der Waals surface area contributed by atoms with Crippen molar-refractivity contribution >= 4 is 0 Å². The van der Waals surface area contributed by atoms with E-state index in [2.05, 4.69) is 37.1 Å². The van der Waals surface area contributed by atoms with Crippen LogP contribution in [0.5, 0.6) is 0 Å². The highest BCUT2D eigenvalue weighted by atomic mass is 16.5. The lowest BCUT2D eigenvalue weighted by Gasteiger charge is -2.22. The van der Waals surface area contributed by atoms with Gasteiger partial charge in [0.25, 0.3) is 0 Å². The zero-order valence-electron chi connectivity index (χ0n) is 11.4. The van der Waals surface area contributed by atoms with Crippen LogP contribution in [0, 0.1) is 0 Å². The minimum atomic E-state index is -0.0509. The molecule has 0 aliphatic heterocycles. The van der Waals surface area contributed by atoms with Crippen molar-refractivity contribution in [1.82, 2.24) is 10.3 Å². The Kier molecular flexibility index (Phi) is 5.59. The van der Waals surface area contributed by atoms with Gasteiger partial charge in [0.05, 0.1) is 11.3 Å². The molecule has 0 fully saturated rings. The minimum absolute atomic E-state index is 0.0509. The highest BCUT2D eigenvalue weighted by molar-refractivity contribution is 5.19. The second kappa shape index (κ2) is 6.72. The molecule has 1 aromatic heterocycles. The lowest BCUT2D eigenvalue weighted by Crippen LogP contribution is -2.29. The predicted octanol–water partition coefficient (Wildman–Crippen LogP) is 2.55. The quantitative estimate of drug-likeness (QED) is 0.739. The lowest BCUT2D eigenvalue weighted by atomic mass is 10.1. The molecule has 0 aliphatic rings. The second-order valence-electron chi connectivity index (χ2n) is 4.85. The summed E-state index contributed by atoms with van der Waals surface area (Å²) in [7, 11) is 1.76. The summed E-state index contributed by atoms with van der Waals surface area (Å²) in [5.41, 5.74) is 2.43. The Morgan fingerprint density at radius 1 is 1.41 bits per heavy atom. The van der Waals surface area contributed by atoms with E-state index in [4.69, 9.17) is 4.74 Å². The van der Waals surface area contributed by atoms with Crippen LogP contribution >= 0.6 is 0 Å². The molecular formula is C14H24N2O. The molecule has 17 heavy (non-hydrogen) atoms. The molecule has 0 radical (unpaired) electrons. The van der Waals surface area contributed by atoms with Crippen molar-refractivity contribution in [3.05, 3.63) is 29.6 Å². The van der Waals surface area contributed by atoms with Gasteiger partial charge in [-0.1, -0.05) is 13.0 Å². The van der Waals surface area contributed by atoms with Gasteiger partial charge in [-0.25, -0.2) is 0 Å². The average Bonchev–Trinajstić information content (AvgIpc) is 2.35. The maximum atomic E-state index is 5.38. The van der Waals surface area contributed by atoms with E-state index < -0.39 is 0 Å². The first-order chi connectivity index (χ1) is 8.09. The van der Waals surface area contributed by atoms with Crippen LogP contribution in [0.2, 0.25) is 0 Å². The van der Waals surface area contributed by atoms with Crippen LogP contribution in [0.15, 0.2) is 18.3 Å². The third-order valence-corrected chi connectivity index (χ3v) is 3.11. The molecule has 96 valence electrons. The van der Waals surface area contributed by atoms with Crippen molar-refractivity contribution in [1.29, 1.82) is 0 Å². The maximum Gasteiger partial charge on any atom is 0.0634 e. The summed E-state index contributed by atoms with van der Waals surface area (Å²) >= 11 is 0. The molecule has 0 amide bonds. The standard InChI is InChI=1S/C14H24N2O/c1-5-12-7-6-9-16-13(12)11-15-10-8-14(2,3)17-4/h6-7,9,15H,5,8,10-11H2,1-4H3. The number of hydrogen-bond acceptors (Lipinski definition) is 3. The SMILES string of the molecule is CCc1cccnc1CNCCC(C)(C)OC. The van der Waals surface area contributed by atoms with Gasteiger partial charge in [0.2, 0.25) is 0 Å². The lowest BCUT2D eigenvalue weighted by molar-refractivity contribution is 0.0158. The molecule has 0 saturated carbocycles. The Balaban J connectivity index is 2.36. The molecule has 0 unspecified atom stereocenters. The van der Waals surface area contributed by atoms with Crippen LogP contribution in [0.4, 0.5) is 0 Å². The molecule has 0 aliphatic carbocycles. The fourth-order valence-electron chi connectivity index (χ4n) is 1.65. The number of methoxy groups -OCH3 is 1. The van der Waals surface area contributed by atoms with Crippen LogP contribution in [0.25, 0.3) is 0 Å². The molecule has 0 aromatic carbocycles. The summed E-state index contributed by atoms with van der Waals surface area (Å²) in [6, 6.07) is 4.14. The first-order valence-corrected chi connectivity index (χ1v) is 6.27. The van der Waals surface area contributed by atoms with E-state index in [1.54, 1.807) is 7.11 Å². The molecule has 1 rings (SSSR count). The molecule has 0 bridgehead atoms. The predicted molar refractivity (Wildman–Crippen MR) is 71.0 cm³/mol. The second-order valence-corrected chi connectivity index (χ2v) is 4.85. The number of aromatic nitrogens is 1. The average molecular weight is 236 g/mol. The summed E-state index contributed by atoms with van der Waals surface area (Å²) in [5, 5.41) is 3.42. The van der Waals surface area contributed by atoms with Crippen molar-refractivity contribution in [2.45, 2.75) is 45.8 Å². The van der Waals surface area contributed by atoms with Crippen molar-refractivity contribution in [3.8, 4) is 0 Å². The third kappa shape index (κ3) is 4.84. The van der Waals surface area contributed by atoms with Gasteiger partial charge in [-0.05, 0) is 44.9 Å². The van der Waals surface area contributed by atoms with Crippen molar-refractivity contribution in [2.75, 3.05) is 13.7 Å². The van der Waals surface area contributed by atoms with E-state index in [1.807, 2.05) is 12.3 Å². The van der Waals surface area contributed by atoms with Gasteiger partial charge in [-0.2, -0.15) is 0 Å². The van der Waals surface area contributed by atoms with E-state index in [0.717, 1.165) is 31.6 Å². The number of rotatable bonds is 7. The molecular weight excluding hydrogens is 212 g/mol. The maximum absolute atomic E-state index is 5.38. The molecule has 1 heterocycles. The van der Waals surface area contributed by atoms with Crippen LogP contribution in [0.1, 0.15) is 38.4 Å². The van der Waals surface area contributed by atoms with Gasteiger partial charge < -0.3 is 10.1 Å². The molecule has 3 nitrogen and oxygen atoms in total. The van der Waals surface area contributed by atoms with E-state index >= 15 is 0 Å². The van der Waals surface area contributed by atoms with Gasteiger partial charge in [0.15, 0.2) is 0 Å². The molecule has 0 saturated heterocycles. The zero-order chi connectivity index (χ0) is 12.7. The first-order valence-electron chi connectivity index (χ1n) is 6.27. The first kappa shape index (κ1) is 14.1. The number of aryl methyl sites for hydroxylation is 1. The number of nitrogens with zero attached hydrogens (tertiary/aromatic N) is 1. The Bertz CT molecular complexity index is 337. The van der Waals surface area contributed by atoms with E-state index in [0.29, 0.717) is 0 Å². The Hall–Kier alpha value is -0.930. The highest BCUT2D eigenvalue weighted by Gasteiger charge is 2.15. The fraction of sp³-hybridized carbons (Fsp3) is 0.643. The molecule has 3 heteroatoms. The topological polar surface area (TPSA) is 34.2 Å². The monoisotopic (exact) mass is 236 g/mol. The van der Waals surface area contributed by atoms with Gasteiger partial charge in [0.1, 0.15) is 0 Å². The van der Waals surface area contributed by atoms with Crippen LogP contribution in [-0.2, 0) is 17.7 Å². The number of ether oxygens (including phenoxy) is 1. The van der Waals surface area contributed by atoms with Gasteiger partial charge in [-0.15, -0.1) is 0 Å². The van der Waals surface area contributed by atoms with Crippen molar-refractivity contribution in [3.63, 3.8) is 0 Å². The van der Waals surface area contributed by atoms with Gasteiger partial charge in [-0.3, -0.25) is 4.98 Å². The van der Waals surface area contributed by atoms with E-state index in [-0.39, 0.29) is 5.60 Å². The van der Waals surface area contributed by atoms with Crippen LogP contribution < -0.4 is 5.32 Å². The number of nitrogens with one attached hydrogen (secondary N) is 1. The summed E-state index contributed by atoms with van der Waals surface area (Å²) in [5.74, 6) is 0. The molecule has 1 N–H and O–H groups in total. The van der Waals surface area contributed by atoms with Crippen LogP contribution in [-0.4, -0.2) is 24.2 Å². The minimum Gasteiger partial charge on any atom is -0.379 e. The Morgan fingerprint density at radius 3 is 2.82 bits per heavy atom. The number of hydrogen-bond donors (Lipinski definition) is 1. The summed E-state index contributed by atoms with van der Waals surface area (Å²) < 4.78 is 5.38. The molecule has 0 atom stereocenters. The fourth-order valence-corrected chi connectivity index (χ4v) is 1.65. The third-order valence-electron chi connectivity index (χ3n) is 3.11. The Labute approximate surface area is 105 Å². The van der Waals surface area contributed by atoms with Crippen molar-refractivity contribution in [2.24, 2.45) is 0 Å². The highest BCUT2D eigenvalue weighted by Crippen LogP contribution is 2.11. The number of pyridine rings is 1. The zero-order valence-corrected chi connectivity index (χ0v) is 11.4. The summed E-state index contributed by atoms with van der Waals surface area (Å²) in [6.45, 7) is 8.15. The van der Waals surface area contributed by atoms with Crippen LogP contribution in [0.3, 0.4) is 0 Å². The normalized spacial score (nSPS) is 11.8. The molecule has 1 aromatic rings. The van der Waals surface area contributed by atoms with Gasteiger partial charge in [0, 0.05) is 19.9 Å². The summed E-state index contributed by atoms with van der Waals surface area (Å²) in [4.78, 5) is 4.41. The summed E-state index contributed by atoms with van der Waals surface area (Å²) in [6.07, 6.45) is 3.89. The van der Waals surface area contributed by atoms with E-state index in [9.17, 15) is 0 Å². The van der Waals surface area contributed by atoms with Gasteiger partial charge >= 0.3 is 0 Å². The van der Waals surface area contributed by atoms with Crippen molar-refractivity contribution < 1.29 is 4.74 Å². The largest absolute Gasteiger partial charge is 0.379 e. The Morgan fingerprint density at radius 2 is 2.18 bits per heavy atom.